The molecule has 0 aliphatic carbocycles. The number of carboxylic acids is 1. The number of sulfone groups is 1. The molecule has 0 saturated heterocycles. The third-order valence-corrected chi connectivity index (χ3v) is 3.07. The molecule has 3 atom stereocenters. The molecule has 0 rings (SSSR count). The molecular weight excluding hydrogens is 264 g/mol. The van der Waals surface area contributed by atoms with E-state index < -0.39 is 40.0 Å². The largest absolute Gasteiger partial charge is 0.480 e. The van der Waals surface area contributed by atoms with Crippen LogP contribution in [0.4, 0.5) is 4.79 Å². The highest BCUT2D eigenvalue weighted by atomic mass is 32.2. The molecule has 106 valence electrons. The standard InChI is InChI=1S/C9H18N2O6S/c1-5(4-18(3,16)17)10-9(15)11-7(6(2)12)8(13)14/h5-7,12H,4H2,1-3H3,(H,13,14)(H2,10,11,15)/t5?,6-,7+/m1/s1. The van der Waals surface area contributed by atoms with E-state index in [1.54, 1.807) is 0 Å². The van der Waals surface area contributed by atoms with Crippen LogP contribution in [0.15, 0.2) is 0 Å². The predicted octanol–water partition coefficient (Wildman–Crippen LogP) is -1.45. The van der Waals surface area contributed by atoms with Crippen molar-refractivity contribution in [2.24, 2.45) is 0 Å². The van der Waals surface area contributed by atoms with E-state index in [-0.39, 0.29) is 5.75 Å². The molecule has 0 aromatic heterocycles. The summed E-state index contributed by atoms with van der Waals surface area (Å²) in [7, 11) is -3.24. The average Bonchev–Trinajstić information content (AvgIpc) is 2.09. The molecular formula is C9H18N2O6S. The molecule has 0 radical (unpaired) electrons. The monoisotopic (exact) mass is 282 g/mol. The van der Waals surface area contributed by atoms with Crippen LogP contribution in [-0.2, 0) is 14.6 Å². The maximum absolute atomic E-state index is 11.4. The summed E-state index contributed by atoms with van der Waals surface area (Å²) in [5.41, 5.74) is 0. The Morgan fingerprint density at radius 3 is 2.06 bits per heavy atom. The van der Waals surface area contributed by atoms with E-state index in [4.69, 9.17) is 10.2 Å². The van der Waals surface area contributed by atoms with Crippen molar-refractivity contribution in [2.45, 2.75) is 32.0 Å². The number of aliphatic hydroxyl groups excluding tert-OH is 1. The number of carboxylic acid groups (broad SMARTS) is 1. The van der Waals surface area contributed by atoms with Crippen LogP contribution in [0.3, 0.4) is 0 Å². The van der Waals surface area contributed by atoms with Crippen molar-refractivity contribution < 1.29 is 28.2 Å². The number of amides is 2. The lowest BCUT2D eigenvalue weighted by molar-refractivity contribution is -0.141. The number of rotatable bonds is 6. The Morgan fingerprint density at radius 2 is 1.72 bits per heavy atom. The summed E-state index contributed by atoms with van der Waals surface area (Å²) in [6.45, 7) is 2.69. The highest BCUT2D eigenvalue weighted by Gasteiger charge is 2.25. The SMILES string of the molecule is CC(CS(C)(=O)=O)NC(=O)N[C@H](C(=O)O)[C@@H](C)O. The Bertz CT molecular complexity index is 405. The number of hydrogen-bond acceptors (Lipinski definition) is 5. The van der Waals surface area contributed by atoms with Gasteiger partial charge in [-0.2, -0.15) is 0 Å². The van der Waals surface area contributed by atoms with E-state index >= 15 is 0 Å². The van der Waals surface area contributed by atoms with Crippen molar-refractivity contribution >= 4 is 21.8 Å². The number of aliphatic hydroxyl groups is 1. The van der Waals surface area contributed by atoms with Gasteiger partial charge in [-0.05, 0) is 13.8 Å². The summed E-state index contributed by atoms with van der Waals surface area (Å²) in [5.74, 6) is -1.64. The molecule has 18 heavy (non-hydrogen) atoms. The Balaban J connectivity index is 4.38. The molecule has 0 bridgehead atoms. The smallest absolute Gasteiger partial charge is 0.328 e. The van der Waals surface area contributed by atoms with Crippen LogP contribution >= 0.6 is 0 Å². The topological polar surface area (TPSA) is 133 Å². The zero-order chi connectivity index (χ0) is 14.5. The summed E-state index contributed by atoms with van der Waals surface area (Å²) >= 11 is 0. The third-order valence-electron chi connectivity index (χ3n) is 1.97. The van der Waals surface area contributed by atoms with E-state index in [1.807, 2.05) is 5.32 Å². The van der Waals surface area contributed by atoms with Gasteiger partial charge < -0.3 is 20.8 Å². The molecule has 4 N–H and O–H groups in total. The average molecular weight is 282 g/mol. The lowest BCUT2D eigenvalue weighted by Crippen LogP contribution is -2.53. The van der Waals surface area contributed by atoms with Crippen molar-refractivity contribution in [3.05, 3.63) is 0 Å². The maximum Gasteiger partial charge on any atom is 0.328 e. The van der Waals surface area contributed by atoms with Crippen LogP contribution in [0, 0.1) is 0 Å². The van der Waals surface area contributed by atoms with Crippen molar-refractivity contribution in [3.63, 3.8) is 0 Å². The first-order valence-corrected chi connectivity index (χ1v) is 7.24. The molecule has 0 aliphatic rings. The minimum absolute atomic E-state index is 0.257. The fourth-order valence-corrected chi connectivity index (χ4v) is 2.28. The lowest BCUT2D eigenvalue weighted by Gasteiger charge is -2.19. The van der Waals surface area contributed by atoms with E-state index in [2.05, 4.69) is 5.32 Å². The molecule has 0 aromatic carbocycles. The van der Waals surface area contributed by atoms with Gasteiger partial charge in [0, 0.05) is 12.3 Å². The molecule has 9 heteroatoms. The van der Waals surface area contributed by atoms with Crippen LogP contribution < -0.4 is 10.6 Å². The first-order chi connectivity index (χ1) is 8.03. The predicted molar refractivity (Wildman–Crippen MR) is 63.9 cm³/mol. The molecule has 8 nitrogen and oxygen atoms in total. The Hall–Kier alpha value is -1.35. The van der Waals surface area contributed by atoms with Gasteiger partial charge in [-0.15, -0.1) is 0 Å². The first kappa shape index (κ1) is 16.6. The van der Waals surface area contributed by atoms with Gasteiger partial charge in [-0.3, -0.25) is 0 Å². The first-order valence-electron chi connectivity index (χ1n) is 5.18. The quantitative estimate of drug-likeness (QED) is 0.471. The fraction of sp³-hybridized carbons (Fsp3) is 0.778. The second kappa shape index (κ2) is 6.55. The zero-order valence-corrected chi connectivity index (χ0v) is 11.2. The van der Waals surface area contributed by atoms with Crippen LogP contribution in [0.1, 0.15) is 13.8 Å². The minimum Gasteiger partial charge on any atom is -0.480 e. The highest BCUT2D eigenvalue weighted by Crippen LogP contribution is 1.94. The molecule has 0 fully saturated rings. The van der Waals surface area contributed by atoms with Gasteiger partial charge >= 0.3 is 12.0 Å². The van der Waals surface area contributed by atoms with E-state index in [0.717, 1.165) is 6.26 Å². The van der Waals surface area contributed by atoms with Crippen LogP contribution in [-0.4, -0.2) is 60.8 Å². The molecule has 0 heterocycles. The van der Waals surface area contributed by atoms with Crippen molar-refractivity contribution in [1.29, 1.82) is 0 Å². The normalized spacial score (nSPS) is 16.4. The van der Waals surface area contributed by atoms with E-state index in [1.165, 1.54) is 13.8 Å². The van der Waals surface area contributed by atoms with E-state index in [0.29, 0.717) is 0 Å². The van der Waals surface area contributed by atoms with Gasteiger partial charge in [0.25, 0.3) is 0 Å². The summed E-state index contributed by atoms with van der Waals surface area (Å²) in [4.78, 5) is 22.1. The van der Waals surface area contributed by atoms with Gasteiger partial charge in [0.2, 0.25) is 0 Å². The lowest BCUT2D eigenvalue weighted by atomic mass is 10.2. The second-order valence-corrected chi connectivity index (χ2v) is 6.35. The number of carbonyl (C=O) groups is 2. The zero-order valence-electron chi connectivity index (χ0n) is 10.4. The Morgan fingerprint density at radius 1 is 1.22 bits per heavy atom. The fourth-order valence-electron chi connectivity index (χ4n) is 1.29. The Kier molecular flexibility index (Phi) is 6.06. The minimum atomic E-state index is -3.24. The van der Waals surface area contributed by atoms with Crippen molar-refractivity contribution in [2.75, 3.05) is 12.0 Å². The maximum atomic E-state index is 11.4. The van der Waals surface area contributed by atoms with Crippen LogP contribution in [0.25, 0.3) is 0 Å². The van der Waals surface area contributed by atoms with Gasteiger partial charge in [-0.1, -0.05) is 0 Å². The van der Waals surface area contributed by atoms with Crippen molar-refractivity contribution in [3.8, 4) is 0 Å². The van der Waals surface area contributed by atoms with Gasteiger partial charge in [0.1, 0.15) is 9.84 Å². The number of urea groups is 1. The van der Waals surface area contributed by atoms with E-state index in [9.17, 15) is 18.0 Å². The summed E-state index contributed by atoms with van der Waals surface area (Å²) in [6, 6.07) is -2.96. The number of carbonyl (C=O) groups excluding carboxylic acids is 1. The van der Waals surface area contributed by atoms with Gasteiger partial charge in [0.05, 0.1) is 11.9 Å². The molecule has 0 aliphatic heterocycles. The molecule has 0 aromatic rings. The van der Waals surface area contributed by atoms with Crippen LogP contribution in [0.5, 0.6) is 0 Å². The Labute approximate surface area is 105 Å². The summed E-state index contributed by atoms with van der Waals surface area (Å²) in [5, 5.41) is 22.2. The number of aliphatic carboxylic acids is 1. The molecule has 0 saturated carbocycles. The third kappa shape index (κ3) is 7.07. The highest BCUT2D eigenvalue weighted by molar-refractivity contribution is 7.90. The summed E-state index contributed by atoms with van der Waals surface area (Å²) < 4.78 is 21.9. The number of hydrogen-bond donors (Lipinski definition) is 4. The molecule has 2 amide bonds. The second-order valence-electron chi connectivity index (χ2n) is 4.17. The number of nitrogens with one attached hydrogen (secondary N) is 2. The van der Waals surface area contributed by atoms with Crippen molar-refractivity contribution in [1.82, 2.24) is 10.6 Å². The van der Waals surface area contributed by atoms with Gasteiger partial charge in [0.15, 0.2) is 6.04 Å². The molecule has 1 unspecified atom stereocenters. The van der Waals surface area contributed by atoms with Gasteiger partial charge in [-0.25, -0.2) is 18.0 Å². The summed E-state index contributed by atoms with van der Waals surface area (Å²) in [6.07, 6.45) is -0.239. The van der Waals surface area contributed by atoms with Crippen LogP contribution in [0.2, 0.25) is 0 Å². The molecule has 0 spiro atoms.